The van der Waals surface area contributed by atoms with E-state index in [9.17, 15) is 27.1 Å². The highest BCUT2D eigenvalue weighted by Gasteiger charge is 2.35. The molecule has 25 heavy (non-hydrogen) atoms. The third-order valence-electron chi connectivity index (χ3n) is 3.74. The molecule has 0 bridgehead atoms. The van der Waals surface area contributed by atoms with Gasteiger partial charge in [-0.05, 0) is 30.3 Å². The number of halogens is 2. The van der Waals surface area contributed by atoms with Crippen molar-refractivity contribution >= 4 is 21.6 Å². The van der Waals surface area contributed by atoms with Crippen molar-refractivity contribution in [2.75, 3.05) is 18.4 Å². The van der Waals surface area contributed by atoms with E-state index in [4.69, 9.17) is 0 Å². The van der Waals surface area contributed by atoms with Gasteiger partial charge in [0.2, 0.25) is 10.0 Å². The minimum absolute atomic E-state index is 0.000448. The lowest BCUT2D eigenvalue weighted by atomic mass is 10.2. The van der Waals surface area contributed by atoms with Crippen LogP contribution in [0.4, 0.5) is 14.5 Å². The molecule has 2 aromatic rings. The lowest BCUT2D eigenvalue weighted by Crippen LogP contribution is -2.53. The fraction of sp³-hybridized carbons (Fsp3) is 0.188. The third kappa shape index (κ3) is 3.53. The van der Waals surface area contributed by atoms with E-state index in [1.54, 1.807) is 0 Å². The average molecular weight is 368 g/mol. The number of benzene rings is 2. The van der Waals surface area contributed by atoms with Gasteiger partial charge in [-0.15, -0.1) is 0 Å². The molecular formula is C16H14F2N2O4S. The molecule has 0 unspecified atom stereocenters. The summed E-state index contributed by atoms with van der Waals surface area (Å²) in [6.45, 7) is -0.000897. The van der Waals surface area contributed by atoms with Crippen molar-refractivity contribution in [3.63, 3.8) is 0 Å². The number of β-amino-alcohol motifs (C(OH)–C–C–N with tert-alkyl or cyclic N) is 1. The van der Waals surface area contributed by atoms with E-state index >= 15 is 0 Å². The zero-order chi connectivity index (χ0) is 18.2. The van der Waals surface area contributed by atoms with Crippen LogP contribution in [0.3, 0.4) is 0 Å². The molecule has 2 N–H and O–H groups in total. The Hall–Kier alpha value is -2.36. The van der Waals surface area contributed by atoms with Gasteiger partial charge in [-0.25, -0.2) is 17.2 Å². The van der Waals surface area contributed by atoms with Crippen molar-refractivity contribution in [1.29, 1.82) is 0 Å². The number of amides is 1. The largest absolute Gasteiger partial charge is 0.390 e. The van der Waals surface area contributed by atoms with Crippen LogP contribution in [0.2, 0.25) is 0 Å². The first-order valence-electron chi connectivity index (χ1n) is 7.32. The number of carbonyl (C=O) groups is 1. The molecule has 6 nitrogen and oxygen atoms in total. The van der Waals surface area contributed by atoms with Gasteiger partial charge >= 0.3 is 0 Å². The number of aliphatic hydroxyl groups is 1. The monoisotopic (exact) mass is 368 g/mol. The van der Waals surface area contributed by atoms with Crippen molar-refractivity contribution in [2.24, 2.45) is 0 Å². The van der Waals surface area contributed by atoms with Crippen molar-refractivity contribution in [2.45, 2.75) is 11.0 Å². The molecule has 0 radical (unpaired) electrons. The number of aliphatic hydroxyl groups excluding tert-OH is 1. The maximum atomic E-state index is 13.6. The average Bonchev–Trinajstić information content (AvgIpc) is 2.54. The number of nitrogens with zero attached hydrogens (tertiary/aromatic N) is 1. The van der Waals surface area contributed by atoms with Crippen LogP contribution in [-0.2, 0) is 10.0 Å². The highest BCUT2D eigenvalue weighted by atomic mass is 32.2. The van der Waals surface area contributed by atoms with Gasteiger partial charge in [0, 0.05) is 24.7 Å². The predicted octanol–water partition coefficient (Wildman–Crippen LogP) is 1.58. The Morgan fingerprint density at radius 3 is 2.52 bits per heavy atom. The molecule has 9 heteroatoms. The summed E-state index contributed by atoms with van der Waals surface area (Å²) in [6, 6.07) is 7.96. The smallest absolute Gasteiger partial charge is 0.255 e. The summed E-state index contributed by atoms with van der Waals surface area (Å²) < 4.78 is 52.3. The zero-order valence-electron chi connectivity index (χ0n) is 12.8. The predicted molar refractivity (Wildman–Crippen MR) is 85.5 cm³/mol. The van der Waals surface area contributed by atoms with E-state index in [2.05, 4.69) is 5.32 Å². The molecule has 3 rings (SSSR count). The summed E-state index contributed by atoms with van der Waals surface area (Å²) in [5.74, 6) is -2.45. The molecule has 2 aromatic carbocycles. The second kappa shape index (κ2) is 6.51. The SMILES string of the molecule is O=C(Nc1ccc(F)cc1F)c1cccc(S(=O)(=O)N2CC(O)C2)c1. The van der Waals surface area contributed by atoms with Crippen LogP contribution < -0.4 is 5.32 Å². The van der Waals surface area contributed by atoms with Crippen molar-refractivity contribution in [3.8, 4) is 0 Å². The molecule has 1 heterocycles. The summed E-state index contributed by atoms with van der Waals surface area (Å²) >= 11 is 0. The van der Waals surface area contributed by atoms with E-state index in [0.29, 0.717) is 6.07 Å². The van der Waals surface area contributed by atoms with E-state index in [0.717, 1.165) is 22.5 Å². The van der Waals surface area contributed by atoms with Gasteiger partial charge in [0.15, 0.2) is 0 Å². The summed E-state index contributed by atoms with van der Waals surface area (Å²) in [5.41, 5.74) is -0.212. The summed E-state index contributed by atoms with van der Waals surface area (Å²) in [6.07, 6.45) is -0.692. The Labute approximate surface area is 142 Å². The molecular weight excluding hydrogens is 354 g/mol. The van der Waals surface area contributed by atoms with Crippen molar-refractivity contribution < 1.29 is 27.1 Å². The van der Waals surface area contributed by atoms with E-state index < -0.39 is 33.7 Å². The van der Waals surface area contributed by atoms with Gasteiger partial charge in [-0.3, -0.25) is 4.79 Å². The lowest BCUT2D eigenvalue weighted by Gasteiger charge is -2.34. The van der Waals surface area contributed by atoms with Gasteiger partial charge < -0.3 is 10.4 Å². The van der Waals surface area contributed by atoms with Crippen LogP contribution in [0.15, 0.2) is 47.4 Å². The molecule has 1 amide bonds. The first kappa shape index (κ1) is 17.5. The zero-order valence-corrected chi connectivity index (χ0v) is 13.6. The fourth-order valence-corrected chi connectivity index (χ4v) is 3.91. The second-order valence-electron chi connectivity index (χ2n) is 5.58. The number of hydrogen-bond donors (Lipinski definition) is 2. The minimum Gasteiger partial charge on any atom is -0.390 e. The van der Waals surface area contributed by atoms with Crippen LogP contribution in [0, 0.1) is 11.6 Å². The number of hydrogen-bond acceptors (Lipinski definition) is 4. The number of anilines is 1. The van der Waals surface area contributed by atoms with E-state index in [1.807, 2.05) is 0 Å². The molecule has 1 saturated heterocycles. The summed E-state index contributed by atoms with van der Waals surface area (Å²) in [7, 11) is -3.81. The molecule has 132 valence electrons. The van der Waals surface area contributed by atoms with Crippen LogP contribution in [-0.4, -0.2) is 42.9 Å². The van der Waals surface area contributed by atoms with E-state index in [-0.39, 0.29) is 29.2 Å². The summed E-state index contributed by atoms with van der Waals surface area (Å²) in [4.78, 5) is 12.1. The number of sulfonamides is 1. The van der Waals surface area contributed by atoms with E-state index in [1.165, 1.54) is 18.2 Å². The Balaban J connectivity index is 1.82. The molecule has 0 saturated carbocycles. The van der Waals surface area contributed by atoms with Gasteiger partial charge in [0.1, 0.15) is 11.6 Å². The fourth-order valence-electron chi connectivity index (χ4n) is 2.35. The third-order valence-corrected chi connectivity index (χ3v) is 5.57. The van der Waals surface area contributed by atoms with Crippen molar-refractivity contribution in [1.82, 2.24) is 4.31 Å². The van der Waals surface area contributed by atoms with Crippen LogP contribution in [0.25, 0.3) is 0 Å². The van der Waals surface area contributed by atoms with Gasteiger partial charge in [-0.2, -0.15) is 4.31 Å². The topological polar surface area (TPSA) is 86.7 Å². The molecule has 0 atom stereocenters. The Morgan fingerprint density at radius 2 is 1.88 bits per heavy atom. The standard InChI is InChI=1S/C16H14F2N2O4S/c17-11-4-5-15(14(18)7-11)19-16(22)10-2-1-3-13(6-10)25(23,24)20-8-12(21)9-20/h1-7,12,21H,8-9H2,(H,19,22). The Morgan fingerprint density at radius 1 is 1.16 bits per heavy atom. The highest BCUT2D eigenvalue weighted by molar-refractivity contribution is 7.89. The lowest BCUT2D eigenvalue weighted by molar-refractivity contribution is 0.0548. The van der Waals surface area contributed by atoms with Gasteiger partial charge in [0.05, 0.1) is 16.7 Å². The van der Waals surface area contributed by atoms with Crippen molar-refractivity contribution in [3.05, 3.63) is 59.7 Å². The Bertz CT molecular complexity index is 927. The first-order valence-corrected chi connectivity index (χ1v) is 8.76. The molecule has 1 aliphatic heterocycles. The number of nitrogens with one attached hydrogen (secondary N) is 1. The van der Waals surface area contributed by atoms with Crippen LogP contribution >= 0.6 is 0 Å². The maximum Gasteiger partial charge on any atom is 0.255 e. The minimum atomic E-state index is -3.81. The normalized spacial score (nSPS) is 15.6. The highest BCUT2D eigenvalue weighted by Crippen LogP contribution is 2.23. The molecule has 0 aliphatic carbocycles. The first-order chi connectivity index (χ1) is 11.8. The summed E-state index contributed by atoms with van der Waals surface area (Å²) in [5, 5.41) is 11.5. The number of carbonyl (C=O) groups excluding carboxylic acids is 1. The quantitative estimate of drug-likeness (QED) is 0.858. The molecule has 1 aliphatic rings. The van der Waals surface area contributed by atoms with Gasteiger partial charge in [0.25, 0.3) is 5.91 Å². The molecule has 0 spiro atoms. The second-order valence-corrected chi connectivity index (χ2v) is 7.52. The number of rotatable bonds is 4. The maximum absolute atomic E-state index is 13.6. The molecule has 0 aromatic heterocycles. The Kier molecular flexibility index (Phi) is 4.55. The molecule has 1 fully saturated rings. The van der Waals surface area contributed by atoms with Crippen LogP contribution in [0.1, 0.15) is 10.4 Å². The van der Waals surface area contributed by atoms with Gasteiger partial charge in [-0.1, -0.05) is 6.07 Å². The van der Waals surface area contributed by atoms with Crippen LogP contribution in [0.5, 0.6) is 0 Å².